The number of hydrogen-bond acceptors (Lipinski definition) is 4. The molecule has 2 N–H and O–H groups in total. The van der Waals surface area contributed by atoms with Gasteiger partial charge < -0.3 is 10.6 Å². The molecule has 0 fully saturated rings. The molecule has 1 heterocycles. The second kappa shape index (κ2) is 9.17. The van der Waals surface area contributed by atoms with Gasteiger partial charge in [-0.05, 0) is 31.0 Å². The molecule has 2 amide bonds. The van der Waals surface area contributed by atoms with Crippen molar-refractivity contribution in [1.29, 1.82) is 0 Å². The van der Waals surface area contributed by atoms with Gasteiger partial charge in [0.2, 0.25) is 5.91 Å². The van der Waals surface area contributed by atoms with Crippen molar-refractivity contribution in [3.05, 3.63) is 56.1 Å². The van der Waals surface area contributed by atoms with Crippen LogP contribution in [0.2, 0.25) is 0 Å². The third-order valence-corrected chi connectivity index (χ3v) is 4.68. The zero-order valence-electron chi connectivity index (χ0n) is 14.5. The standard InChI is InChI=1S/C18H23N3O3S/c1-3-4-9-19-17(23)15-7-5-14(6-8-15)10-20-16(22)11-21-13(2)12-25-18(21)24/h5-8,12H,3-4,9-11H2,1-2H3,(H,19,23)(H,20,22). The van der Waals surface area contributed by atoms with E-state index in [1.54, 1.807) is 24.4 Å². The minimum Gasteiger partial charge on any atom is -0.352 e. The van der Waals surface area contributed by atoms with Crippen LogP contribution in [0.5, 0.6) is 0 Å². The minimum absolute atomic E-state index is 0.0199. The third-order valence-electron chi connectivity index (χ3n) is 3.80. The molecule has 0 saturated heterocycles. The van der Waals surface area contributed by atoms with Crippen molar-refractivity contribution < 1.29 is 9.59 Å². The number of thiazole rings is 1. The van der Waals surface area contributed by atoms with E-state index in [1.165, 1.54) is 4.57 Å². The van der Waals surface area contributed by atoms with Crippen LogP contribution in [0.4, 0.5) is 0 Å². The number of unbranched alkanes of at least 4 members (excludes halogenated alkanes) is 1. The molecule has 6 nitrogen and oxygen atoms in total. The van der Waals surface area contributed by atoms with E-state index in [0.29, 0.717) is 18.7 Å². The highest BCUT2D eigenvalue weighted by Crippen LogP contribution is 2.05. The summed E-state index contributed by atoms with van der Waals surface area (Å²) in [6, 6.07) is 7.13. The number of amides is 2. The smallest absolute Gasteiger partial charge is 0.307 e. The number of rotatable bonds is 8. The maximum Gasteiger partial charge on any atom is 0.307 e. The maximum atomic E-state index is 12.0. The van der Waals surface area contributed by atoms with Crippen molar-refractivity contribution in [3.8, 4) is 0 Å². The van der Waals surface area contributed by atoms with E-state index in [4.69, 9.17) is 0 Å². The Morgan fingerprint density at radius 2 is 1.88 bits per heavy atom. The molecule has 0 aliphatic carbocycles. The van der Waals surface area contributed by atoms with Gasteiger partial charge >= 0.3 is 4.87 Å². The summed E-state index contributed by atoms with van der Waals surface area (Å²) < 4.78 is 1.45. The zero-order chi connectivity index (χ0) is 18.2. The van der Waals surface area contributed by atoms with Gasteiger partial charge in [0.05, 0.1) is 0 Å². The van der Waals surface area contributed by atoms with Crippen molar-refractivity contribution >= 4 is 23.2 Å². The number of carbonyl (C=O) groups excluding carboxylic acids is 2. The van der Waals surface area contributed by atoms with Crippen LogP contribution in [0.1, 0.15) is 41.4 Å². The summed E-state index contributed by atoms with van der Waals surface area (Å²) in [6.45, 7) is 4.93. The fourth-order valence-electron chi connectivity index (χ4n) is 2.25. The monoisotopic (exact) mass is 361 g/mol. The summed E-state index contributed by atoms with van der Waals surface area (Å²) in [7, 11) is 0. The Bertz CT molecular complexity index is 778. The SMILES string of the molecule is CCCCNC(=O)c1ccc(CNC(=O)Cn2c(C)csc2=O)cc1. The molecule has 1 aromatic carbocycles. The molecule has 2 rings (SSSR count). The highest BCUT2D eigenvalue weighted by atomic mass is 32.1. The predicted molar refractivity (Wildman–Crippen MR) is 98.8 cm³/mol. The summed E-state index contributed by atoms with van der Waals surface area (Å²) in [5.41, 5.74) is 2.28. The Morgan fingerprint density at radius 1 is 1.16 bits per heavy atom. The van der Waals surface area contributed by atoms with E-state index in [1.807, 2.05) is 12.1 Å². The molecule has 0 aliphatic heterocycles. The zero-order valence-corrected chi connectivity index (χ0v) is 15.3. The van der Waals surface area contributed by atoms with Crippen LogP contribution in [0.3, 0.4) is 0 Å². The molecule has 7 heteroatoms. The highest BCUT2D eigenvalue weighted by Gasteiger charge is 2.09. The molecule has 0 spiro atoms. The fourth-order valence-corrected chi connectivity index (χ4v) is 2.99. The van der Waals surface area contributed by atoms with Crippen LogP contribution in [-0.4, -0.2) is 22.9 Å². The number of nitrogens with zero attached hydrogens (tertiary/aromatic N) is 1. The van der Waals surface area contributed by atoms with E-state index in [-0.39, 0.29) is 23.2 Å². The van der Waals surface area contributed by atoms with Crippen LogP contribution in [0.25, 0.3) is 0 Å². The topological polar surface area (TPSA) is 80.2 Å². The number of carbonyl (C=O) groups is 2. The van der Waals surface area contributed by atoms with Gasteiger partial charge in [0.1, 0.15) is 6.54 Å². The summed E-state index contributed by atoms with van der Waals surface area (Å²) in [5.74, 6) is -0.304. The second-order valence-corrected chi connectivity index (χ2v) is 6.63. The Labute approximate surface area is 150 Å². The largest absolute Gasteiger partial charge is 0.352 e. The Balaban J connectivity index is 1.84. The molecule has 1 aromatic heterocycles. The lowest BCUT2D eigenvalue weighted by atomic mass is 10.1. The van der Waals surface area contributed by atoms with Gasteiger partial charge in [0.15, 0.2) is 0 Å². The number of hydrogen-bond donors (Lipinski definition) is 2. The van der Waals surface area contributed by atoms with E-state index < -0.39 is 0 Å². The second-order valence-electron chi connectivity index (χ2n) is 5.81. The average molecular weight is 361 g/mol. The molecule has 0 saturated carbocycles. The van der Waals surface area contributed by atoms with E-state index in [2.05, 4.69) is 17.6 Å². The highest BCUT2D eigenvalue weighted by molar-refractivity contribution is 7.07. The molecule has 25 heavy (non-hydrogen) atoms. The molecule has 0 atom stereocenters. The summed E-state index contributed by atoms with van der Waals surface area (Å²) >= 11 is 1.09. The van der Waals surface area contributed by atoms with Crippen LogP contribution in [-0.2, 0) is 17.9 Å². The molecule has 0 bridgehead atoms. The molecule has 0 aliphatic rings. The number of benzene rings is 1. The van der Waals surface area contributed by atoms with Gasteiger partial charge in [0, 0.05) is 29.7 Å². The number of nitrogens with one attached hydrogen (secondary N) is 2. The molecular formula is C18H23N3O3S. The lowest BCUT2D eigenvalue weighted by Gasteiger charge is -2.08. The van der Waals surface area contributed by atoms with Crippen LogP contribution < -0.4 is 15.5 Å². The van der Waals surface area contributed by atoms with Gasteiger partial charge in [-0.3, -0.25) is 19.0 Å². The quantitative estimate of drug-likeness (QED) is 0.706. The number of aromatic nitrogens is 1. The first-order chi connectivity index (χ1) is 12.0. The summed E-state index contributed by atoms with van der Waals surface area (Å²) in [5, 5.41) is 7.39. The molecule has 134 valence electrons. The Morgan fingerprint density at radius 3 is 2.48 bits per heavy atom. The number of aryl methyl sites for hydroxylation is 1. The molecule has 0 unspecified atom stereocenters. The average Bonchev–Trinajstić information content (AvgIpc) is 2.92. The lowest BCUT2D eigenvalue weighted by molar-refractivity contribution is -0.121. The van der Waals surface area contributed by atoms with Gasteiger partial charge in [-0.15, -0.1) is 0 Å². The minimum atomic E-state index is -0.218. The van der Waals surface area contributed by atoms with Crippen LogP contribution in [0, 0.1) is 6.92 Å². The Kier molecular flexibility index (Phi) is 6.94. The first-order valence-electron chi connectivity index (χ1n) is 8.30. The van der Waals surface area contributed by atoms with Gasteiger partial charge in [-0.2, -0.15) is 0 Å². The first kappa shape index (κ1) is 18.9. The normalized spacial score (nSPS) is 10.5. The van der Waals surface area contributed by atoms with Gasteiger partial charge in [-0.25, -0.2) is 0 Å². The summed E-state index contributed by atoms with van der Waals surface area (Å²) in [4.78, 5) is 35.4. The fraction of sp³-hybridized carbons (Fsp3) is 0.389. The van der Waals surface area contributed by atoms with Crippen LogP contribution >= 0.6 is 11.3 Å². The van der Waals surface area contributed by atoms with E-state index in [9.17, 15) is 14.4 Å². The van der Waals surface area contributed by atoms with Crippen molar-refractivity contribution in [2.24, 2.45) is 0 Å². The van der Waals surface area contributed by atoms with E-state index in [0.717, 1.165) is 35.4 Å². The van der Waals surface area contributed by atoms with Crippen molar-refractivity contribution in [2.45, 2.75) is 39.8 Å². The van der Waals surface area contributed by atoms with Crippen molar-refractivity contribution in [3.63, 3.8) is 0 Å². The molecular weight excluding hydrogens is 338 g/mol. The predicted octanol–water partition coefficient (Wildman–Crippen LogP) is 2.06. The summed E-state index contributed by atoms with van der Waals surface area (Å²) in [6.07, 6.45) is 2.00. The van der Waals surface area contributed by atoms with Gasteiger partial charge in [0.25, 0.3) is 5.91 Å². The Hall–Kier alpha value is -2.41. The first-order valence-corrected chi connectivity index (χ1v) is 9.18. The maximum absolute atomic E-state index is 12.0. The van der Waals surface area contributed by atoms with Crippen LogP contribution in [0.15, 0.2) is 34.4 Å². The third kappa shape index (κ3) is 5.56. The van der Waals surface area contributed by atoms with Gasteiger partial charge in [-0.1, -0.05) is 36.8 Å². The molecule has 2 aromatic rings. The van der Waals surface area contributed by atoms with Crippen molar-refractivity contribution in [1.82, 2.24) is 15.2 Å². The van der Waals surface area contributed by atoms with E-state index >= 15 is 0 Å². The van der Waals surface area contributed by atoms with Crippen molar-refractivity contribution in [2.75, 3.05) is 6.54 Å². The lowest BCUT2D eigenvalue weighted by Crippen LogP contribution is -2.30. The molecule has 0 radical (unpaired) electrons.